The fraction of sp³-hybridized carbons (Fsp3) is 0.429. The average Bonchev–Trinajstić information content (AvgIpc) is 2.82. The van der Waals surface area contributed by atoms with Crippen LogP contribution < -0.4 is 10.2 Å². The van der Waals surface area contributed by atoms with Crippen LogP contribution in [0, 0.1) is 0 Å². The summed E-state index contributed by atoms with van der Waals surface area (Å²) in [5.41, 5.74) is 0. The Morgan fingerprint density at radius 2 is 1.69 bits per heavy atom. The van der Waals surface area contributed by atoms with Crippen LogP contribution in [-0.4, -0.2) is 73.9 Å². The molecule has 172 valence electrons. The molecule has 11 heteroatoms. The lowest BCUT2D eigenvalue weighted by Gasteiger charge is -2.37. The highest BCUT2D eigenvalue weighted by molar-refractivity contribution is 7.89. The molecule has 2 aliphatic rings. The van der Waals surface area contributed by atoms with Crippen LogP contribution in [0.5, 0.6) is 0 Å². The van der Waals surface area contributed by atoms with E-state index in [-0.39, 0.29) is 40.1 Å². The van der Waals surface area contributed by atoms with Crippen LogP contribution in [-0.2, 0) is 10.0 Å². The molecule has 32 heavy (non-hydrogen) atoms. The molecule has 2 aliphatic heterocycles. The minimum absolute atomic E-state index is 0.00997. The van der Waals surface area contributed by atoms with Crippen LogP contribution in [0.15, 0.2) is 47.5 Å². The third-order valence-electron chi connectivity index (χ3n) is 5.86. The highest BCUT2D eigenvalue weighted by atomic mass is 35.5. The Morgan fingerprint density at radius 3 is 2.34 bits per heavy atom. The van der Waals surface area contributed by atoms with E-state index in [0.29, 0.717) is 13.1 Å². The van der Waals surface area contributed by atoms with Crippen molar-refractivity contribution < 1.29 is 13.2 Å². The second-order valence-electron chi connectivity index (χ2n) is 7.84. The largest absolute Gasteiger partial charge is 0.356 e. The number of rotatable bonds is 4. The van der Waals surface area contributed by atoms with E-state index in [4.69, 9.17) is 23.2 Å². The Labute approximate surface area is 198 Å². The Balaban J connectivity index is 1.28. The van der Waals surface area contributed by atoms with E-state index < -0.39 is 10.0 Å². The van der Waals surface area contributed by atoms with Crippen molar-refractivity contribution in [1.82, 2.24) is 19.5 Å². The van der Waals surface area contributed by atoms with Gasteiger partial charge in [-0.2, -0.15) is 4.31 Å². The zero-order valence-electron chi connectivity index (χ0n) is 17.5. The molecule has 1 N–H and O–H groups in total. The zero-order valence-corrected chi connectivity index (χ0v) is 19.8. The highest BCUT2D eigenvalue weighted by Gasteiger charge is 2.32. The summed E-state index contributed by atoms with van der Waals surface area (Å²) >= 11 is 12.1. The minimum Gasteiger partial charge on any atom is -0.356 e. The number of hydrogen-bond acceptors (Lipinski definition) is 5. The molecule has 0 aliphatic carbocycles. The van der Waals surface area contributed by atoms with Crippen LogP contribution in [0.1, 0.15) is 12.8 Å². The summed E-state index contributed by atoms with van der Waals surface area (Å²) in [6, 6.07) is 10.3. The van der Waals surface area contributed by atoms with Gasteiger partial charge in [0.15, 0.2) is 0 Å². The summed E-state index contributed by atoms with van der Waals surface area (Å²) < 4.78 is 27.3. The van der Waals surface area contributed by atoms with Crippen molar-refractivity contribution in [1.29, 1.82) is 0 Å². The van der Waals surface area contributed by atoms with Gasteiger partial charge in [-0.1, -0.05) is 35.3 Å². The van der Waals surface area contributed by atoms with Gasteiger partial charge in [-0.25, -0.2) is 18.2 Å². The number of benzene rings is 1. The summed E-state index contributed by atoms with van der Waals surface area (Å²) in [6.45, 7) is 2.70. The van der Waals surface area contributed by atoms with Gasteiger partial charge in [-0.3, -0.25) is 0 Å². The number of piperazine rings is 1. The number of aromatic nitrogens is 1. The molecule has 0 unspecified atom stereocenters. The maximum Gasteiger partial charge on any atom is 0.317 e. The van der Waals surface area contributed by atoms with Gasteiger partial charge in [-0.05, 0) is 37.1 Å². The van der Waals surface area contributed by atoms with E-state index in [1.54, 1.807) is 23.2 Å². The van der Waals surface area contributed by atoms with Crippen LogP contribution >= 0.6 is 23.2 Å². The summed E-state index contributed by atoms with van der Waals surface area (Å²) in [6.07, 6.45) is 3.46. The van der Waals surface area contributed by atoms with Crippen molar-refractivity contribution in [3.8, 4) is 0 Å². The maximum absolute atomic E-state index is 13.0. The van der Waals surface area contributed by atoms with Crippen LogP contribution in [0.3, 0.4) is 0 Å². The first-order valence-electron chi connectivity index (χ1n) is 10.5. The number of nitrogens with one attached hydrogen (secondary N) is 1. The second-order valence-corrected chi connectivity index (χ2v) is 10.5. The average molecular weight is 498 g/mol. The predicted molar refractivity (Wildman–Crippen MR) is 125 cm³/mol. The molecule has 3 heterocycles. The fourth-order valence-corrected chi connectivity index (χ4v) is 6.17. The first-order chi connectivity index (χ1) is 15.4. The van der Waals surface area contributed by atoms with Crippen LogP contribution in [0.2, 0.25) is 10.0 Å². The van der Waals surface area contributed by atoms with Crippen molar-refractivity contribution in [3.05, 3.63) is 52.6 Å². The quantitative estimate of drug-likeness (QED) is 0.701. The van der Waals surface area contributed by atoms with Gasteiger partial charge in [0.1, 0.15) is 10.7 Å². The van der Waals surface area contributed by atoms with Crippen molar-refractivity contribution in [2.75, 3.05) is 44.2 Å². The topological polar surface area (TPSA) is 85.8 Å². The molecule has 0 saturated carbocycles. The molecular formula is C21H25Cl2N5O3S. The summed E-state index contributed by atoms with van der Waals surface area (Å²) in [5, 5.41) is 3.31. The van der Waals surface area contributed by atoms with Crippen molar-refractivity contribution in [2.24, 2.45) is 0 Å². The Morgan fingerprint density at radius 1 is 0.969 bits per heavy atom. The van der Waals surface area contributed by atoms with Gasteiger partial charge in [0, 0.05) is 51.5 Å². The van der Waals surface area contributed by atoms with Crippen LogP contribution in [0.25, 0.3) is 0 Å². The molecule has 8 nitrogen and oxygen atoms in total. The molecule has 0 radical (unpaired) electrons. The van der Waals surface area contributed by atoms with Crippen LogP contribution in [0.4, 0.5) is 10.6 Å². The lowest BCUT2D eigenvalue weighted by Crippen LogP contribution is -2.55. The summed E-state index contributed by atoms with van der Waals surface area (Å²) in [5.74, 6) is 0.953. The van der Waals surface area contributed by atoms with Gasteiger partial charge < -0.3 is 15.1 Å². The number of amides is 2. The number of carbonyl (C=O) groups is 1. The Kier molecular flexibility index (Phi) is 7.09. The molecule has 2 fully saturated rings. The number of pyridine rings is 1. The first kappa shape index (κ1) is 23.1. The smallest absolute Gasteiger partial charge is 0.317 e. The number of hydrogen-bond donors (Lipinski definition) is 1. The number of anilines is 1. The maximum atomic E-state index is 13.0. The number of urea groups is 1. The summed E-state index contributed by atoms with van der Waals surface area (Å²) in [4.78, 5) is 21.0. The minimum atomic E-state index is -3.78. The van der Waals surface area contributed by atoms with E-state index in [0.717, 1.165) is 31.7 Å². The van der Waals surface area contributed by atoms with Gasteiger partial charge in [-0.15, -0.1) is 0 Å². The standard InChI is InChI=1S/C21H25Cl2N5O3S/c22-17-4-3-5-18(20(17)23)32(30,31)28-14-12-27(13-15-28)21(29)25-16-7-10-26(11-8-16)19-6-1-2-9-24-19/h1-6,9,16H,7-8,10-15H2,(H,25,29). The third kappa shape index (κ3) is 4.96. The normalized spacial score (nSPS) is 18.6. The number of halogens is 2. The van der Waals surface area contributed by atoms with E-state index in [1.165, 1.54) is 10.4 Å². The first-order valence-corrected chi connectivity index (χ1v) is 12.7. The number of nitrogens with zero attached hydrogens (tertiary/aromatic N) is 4. The summed E-state index contributed by atoms with van der Waals surface area (Å²) in [7, 11) is -3.78. The number of sulfonamides is 1. The van der Waals surface area contributed by atoms with E-state index in [9.17, 15) is 13.2 Å². The van der Waals surface area contributed by atoms with Crippen molar-refractivity contribution >= 4 is 45.1 Å². The highest BCUT2D eigenvalue weighted by Crippen LogP contribution is 2.31. The molecule has 2 saturated heterocycles. The molecular weight excluding hydrogens is 473 g/mol. The van der Waals surface area contributed by atoms with E-state index >= 15 is 0 Å². The van der Waals surface area contributed by atoms with Gasteiger partial charge in [0.2, 0.25) is 10.0 Å². The molecule has 0 bridgehead atoms. The number of piperidine rings is 1. The molecule has 4 rings (SSSR count). The predicted octanol–water partition coefficient (Wildman–Crippen LogP) is 3.07. The second kappa shape index (κ2) is 9.82. The molecule has 0 spiro atoms. The van der Waals surface area contributed by atoms with Gasteiger partial charge >= 0.3 is 6.03 Å². The molecule has 2 aromatic rings. The lowest BCUT2D eigenvalue weighted by atomic mass is 10.1. The van der Waals surface area contributed by atoms with E-state index in [1.807, 2.05) is 18.2 Å². The Bertz CT molecular complexity index is 1050. The molecule has 1 aromatic carbocycles. The van der Waals surface area contributed by atoms with Gasteiger partial charge in [0.25, 0.3) is 0 Å². The third-order valence-corrected chi connectivity index (χ3v) is 8.73. The fourth-order valence-electron chi connectivity index (χ4n) is 4.01. The SMILES string of the molecule is O=C(NC1CCN(c2ccccn2)CC1)N1CCN(S(=O)(=O)c2cccc(Cl)c2Cl)CC1. The van der Waals surface area contributed by atoms with Crippen molar-refractivity contribution in [3.63, 3.8) is 0 Å². The Hall–Kier alpha value is -2.07. The van der Waals surface area contributed by atoms with Crippen molar-refractivity contribution in [2.45, 2.75) is 23.8 Å². The van der Waals surface area contributed by atoms with Gasteiger partial charge in [0.05, 0.1) is 10.0 Å². The monoisotopic (exact) mass is 497 g/mol. The molecule has 1 aromatic heterocycles. The van der Waals surface area contributed by atoms with E-state index in [2.05, 4.69) is 15.2 Å². The molecule has 2 amide bonds. The zero-order chi connectivity index (χ0) is 22.7. The molecule has 0 atom stereocenters. The number of carbonyl (C=O) groups excluding carboxylic acids is 1. The lowest BCUT2D eigenvalue weighted by molar-refractivity contribution is 0.167.